The molecule has 118 valence electrons. The van der Waals surface area contributed by atoms with Crippen LogP contribution in [0.15, 0.2) is 18.2 Å². The standard InChI is InChI=1S/C16H19FIN3O/c1-11(2)15(10-19)20-5-7-21(8-6-20)16(22)13-4-3-12(17)9-14(13)18/h3-4,9,11,15H,5-8H2,1-2H3. The van der Waals surface area contributed by atoms with Gasteiger partial charge in [-0.2, -0.15) is 5.26 Å². The number of carbonyl (C=O) groups is 1. The molecule has 1 heterocycles. The van der Waals surface area contributed by atoms with Gasteiger partial charge in [0.15, 0.2) is 0 Å². The van der Waals surface area contributed by atoms with Gasteiger partial charge in [0.05, 0.1) is 11.6 Å². The van der Waals surface area contributed by atoms with Gasteiger partial charge in [-0.05, 0) is 46.7 Å². The molecule has 0 aromatic heterocycles. The molecule has 1 aromatic rings. The number of carbonyl (C=O) groups excluding carboxylic acids is 1. The predicted octanol–water partition coefficient (Wildman–Crippen LogP) is 2.74. The smallest absolute Gasteiger partial charge is 0.255 e. The highest BCUT2D eigenvalue weighted by Crippen LogP contribution is 2.18. The van der Waals surface area contributed by atoms with Gasteiger partial charge >= 0.3 is 0 Å². The van der Waals surface area contributed by atoms with Crippen LogP contribution in [0.4, 0.5) is 4.39 Å². The summed E-state index contributed by atoms with van der Waals surface area (Å²) in [5.41, 5.74) is 0.538. The summed E-state index contributed by atoms with van der Waals surface area (Å²) in [6.07, 6.45) is 0. The van der Waals surface area contributed by atoms with Crippen molar-refractivity contribution in [3.05, 3.63) is 33.1 Å². The van der Waals surface area contributed by atoms with Crippen molar-refractivity contribution in [1.82, 2.24) is 9.80 Å². The minimum atomic E-state index is -0.334. The van der Waals surface area contributed by atoms with E-state index in [1.54, 1.807) is 4.90 Å². The van der Waals surface area contributed by atoms with Crippen LogP contribution in [-0.2, 0) is 0 Å². The average Bonchev–Trinajstić information content (AvgIpc) is 2.47. The molecule has 22 heavy (non-hydrogen) atoms. The molecular weight excluding hydrogens is 396 g/mol. The number of rotatable bonds is 3. The van der Waals surface area contributed by atoms with Crippen molar-refractivity contribution >= 4 is 28.5 Å². The maximum Gasteiger partial charge on any atom is 0.255 e. The van der Waals surface area contributed by atoms with Crippen LogP contribution in [0.25, 0.3) is 0 Å². The zero-order valence-corrected chi connectivity index (χ0v) is 14.9. The maximum atomic E-state index is 13.1. The molecule has 6 heteroatoms. The topological polar surface area (TPSA) is 47.3 Å². The summed E-state index contributed by atoms with van der Waals surface area (Å²) in [6, 6.07) is 6.46. The predicted molar refractivity (Wildman–Crippen MR) is 90.8 cm³/mol. The molecule has 0 spiro atoms. The van der Waals surface area contributed by atoms with Crippen molar-refractivity contribution in [3.63, 3.8) is 0 Å². The van der Waals surface area contributed by atoms with E-state index in [2.05, 4.69) is 11.0 Å². The van der Waals surface area contributed by atoms with Crippen LogP contribution in [0.3, 0.4) is 0 Å². The van der Waals surface area contributed by atoms with Gasteiger partial charge in [0.2, 0.25) is 0 Å². The fraction of sp³-hybridized carbons (Fsp3) is 0.500. The molecule has 0 aliphatic carbocycles. The van der Waals surface area contributed by atoms with Crippen molar-refractivity contribution in [2.45, 2.75) is 19.9 Å². The molecule has 1 unspecified atom stereocenters. The van der Waals surface area contributed by atoms with Crippen molar-refractivity contribution in [2.24, 2.45) is 5.92 Å². The summed E-state index contributed by atoms with van der Waals surface area (Å²) in [7, 11) is 0. The quantitative estimate of drug-likeness (QED) is 0.714. The third kappa shape index (κ3) is 3.76. The van der Waals surface area contributed by atoms with Crippen LogP contribution in [0.5, 0.6) is 0 Å². The number of hydrogen-bond donors (Lipinski definition) is 0. The van der Waals surface area contributed by atoms with E-state index >= 15 is 0 Å². The molecule has 1 fully saturated rings. The van der Waals surface area contributed by atoms with Crippen LogP contribution in [-0.4, -0.2) is 47.9 Å². The lowest BCUT2D eigenvalue weighted by Gasteiger charge is -2.38. The SMILES string of the molecule is CC(C)C(C#N)N1CCN(C(=O)c2ccc(F)cc2I)CC1. The molecule has 1 atom stereocenters. The number of hydrogen-bond acceptors (Lipinski definition) is 3. The Bertz CT molecular complexity index is 592. The lowest BCUT2D eigenvalue weighted by molar-refractivity contribution is 0.0575. The second-order valence-corrected chi connectivity index (χ2v) is 6.93. The first kappa shape index (κ1) is 17.2. The van der Waals surface area contributed by atoms with Crippen molar-refractivity contribution < 1.29 is 9.18 Å². The fourth-order valence-electron chi connectivity index (χ4n) is 2.69. The average molecular weight is 415 g/mol. The minimum Gasteiger partial charge on any atom is -0.336 e. The monoisotopic (exact) mass is 415 g/mol. The van der Waals surface area contributed by atoms with Crippen LogP contribution in [0, 0.1) is 26.6 Å². The van der Waals surface area contributed by atoms with E-state index in [9.17, 15) is 14.4 Å². The molecule has 0 saturated carbocycles. The summed E-state index contributed by atoms with van der Waals surface area (Å²) in [5, 5.41) is 9.26. The fourth-order valence-corrected chi connectivity index (χ4v) is 3.40. The number of benzene rings is 1. The van der Waals surface area contributed by atoms with E-state index < -0.39 is 0 Å². The van der Waals surface area contributed by atoms with Crippen molar-refractivity contribution in [3.8, 4) is 6.07 Å². The first-order valence-electron chi connectivity index (χ1n) is 7.32. The lowest BCUT2D eigenvalue weighted by Crippen LogP contribution is -2.52. The molecular formula is C16H19FIN3O. The van der Waals surface area contributed by atoms with Gasteiger partial charge in [0, 0.05) is 29.7 Å². The number of nitriles is 1. The van der Waals surface area contributed by atoms with Gasteiger partial charge in [-0.3, -0.25) is 9.69 Å². The van der Waals surface area contributed by atoms with E-state index in [0.717, 1.165) is 0 Å². The number of piperazine rings is 1. The second-order valence-electron chi connectivity index (χ2n) is 5.77. The minimum absolute atomic E-state index is 0.0675. The van der Waals surface area contributed by atoms with Crippen LogP contribution >= 0.6 is 22.6 Å². The maximum absolute atomic E-state index is 13.1. The van der Waals surface area contributed by atoms with E-state index in [-0.39, 0.29) is 23.7 Å². The molecule has 0 radical (unpaired) electrons. The Morgan fingerprint density at radius 2 is 1.95 bits per heavy atom. The Kier molecular flexibility index (Phi) is 5.75. The summed E-state index contributed by atoms with van der Waals surface area (Å²) in [5.74, 6) is -0.132. The second kappa shape index (κ2) is 7.38. The Hall–Kier alpha value is -1.20. The highest BCUT2D eigenvalue weighted by Gasteiger charge is 2.28. The van der Waals surface area contributed by atoms with Crippen molar-refractivity contribution in [1.29, 1.82) is 5.26 Å². The number of nitrogens with zero attached hydrogens (tertiary/aromatic N) is 3. The summed E-state index contributed by atoms with van der Waals surface area (Å²) >= 11 is 1.99. The number of amides is 1. The molecule has 1 aliphatic heterocycles. The van der Waals surface area contributed by atoms with Gasteiger partial charge in [-0.1, -0.05) is 13.8 Å². The van der Waals surface area contributed by atoms with Gasteiger partial charge in [-0.15, -0.1) is 0 Å². The molecule has 1 saturated heterocycles. The molecule has 0 bridgehead atoms. The Labute approximate surface area is 144 Å². The van der Waals surface area contributed by atoms with E-state index in [1.165, 1.54) is 18.2 Å². The molecule has 1 amide bonds. The van der Waals surface area contributed by atoms with Crippen LogP contribution < -0.4 is 0 Å². The first-order chi connectivity index (χ1) is 10.4. The largest absolute Gasteiger partial charge is 0.336 e. The molecule has 2 rings (SSSR count). The Morgan fingerprint density at radius 3 is 2.45 bits per heavy atom. The Morgan fingerprint density at radius 1 is 1.32 bits per heavy atom. The van der Waals surface area contributed by atoms with Gasteiger partial charge in [-0.25, -0.2) is 4.39 Å². The third-order valence-electron chi connectivity index (χ3n) is 3.92. The molecule has 0 N–H and O–H groups in total. The summed E-state index contributed by atoms with van der Waals surface area (Å²) in [6.45, 7) is 6.65. The first-order valence-corrected chi connectivity index (χ1v) is 8.40. The zero-order valence-electron chi connectivity index (χ0n) is 12.7. The Balaban J connectivity index is 2.02. The molecule has 4 nitrogen and oxygen atoms in total. The third-order valence-corrected chi connectivity index (χ3v) is 4.81. The normalized spacial score (nSPS) is 17.4. The van der Waals surface area contributed by atoms with Gasteiger partial charge < -0.3 is 4.90 Å². The number of halogens is 2. The van der Waals surface area contributed by atoms with Crippen LogP contribution in [0.1, 0.15) is 24.2 Å². The molecule has 1 aromatic carbocycles. The molecule has 1 aliphatic rings. The van der Waals surface area contributed by atoms with Gasteiger partial charge in [0.25, 0.3) is 5.91 Å². The summed E-state index contributed by atoms with van der Waals surface area (Å²) in [4.78, 5) is 16.4. The lowest BCUT2D eigenvalue weighted by atomic mass is 10.0. The van der Waals surface area contributed by atoms with Crippen LogP contribution in [0.2, 0.25) is 0 Å². The van der Waals surface area contributed by atoms with E-state index in [1.807, 2.05) is 36.4 Å². The van der Waals surface area contributed by atoms with E-state index in [0.29, 0.717) is 35.3 Å². The zero-order chi connectivity index (χ0) is 16.3. The van der Waals surface area contributed by atoms with Gasteiger partial charge in [0.1, 0.15) is 11.9 Å². The highest BCUT2D eigenvalue weighted by atomic mass is 127. The van der Waals surface area contributed by atoms with Crippen molar-refractivity contribution in [2.75, 3.05) is 26.2 Å². The van der Waals surface area contributed by atoms with E-state index in [4.69, 9.17) is 0 Å². The summed E-state index contributed by atoms with van der Waals surface area (Å²) < 4.78 is 13.8. The highest BCUT2D eigenvalue weighted by molar-refractivity contribution is 14.1.